The molecule has 0 amide bonds. The predicted octanol–water partition coefficient (Wildman–Crippen LogP) is 9.77. The van der Waals surface area contributed by atoms with Crippen molar-refractivity contribution in [3.05, 3.63) is 71.6 Å². The molecule has 200 valence electrons. The van der Waals surface area contributed by atoms with Gasteiger partial charge in [0.05, 0.1) is 0 Å². The largest absolute Gasteiger partial charge is 0.236 e. The number of aromatic nitrogens is 2. The molecule has 0 atom stereocenters. The molecule has 1 saturated carbocycles. The van der Waals surface area contributed by atoms with Crippen LogP contribution in [0.3, 0.4) is 0 Å². The van der Waals surface area contributed by atoms with Crippen LogP contribution in [0.5, 0.6) is 0 Å². The van der Waals surface area contributed by atoms with Crippen molar-refractivity contribution in [3.8, 4) is 28.6 Å². The van der Waals surface area contributed by atoms with E-state index in [1.807, 2.05) is 0 Å². The fourth-order valence-electron chi connectivity index (χ4n) is 5.73. The average molecular weight is 516 g/mol. The molecule has 0 unspecified atom stereocenters. The summed E-state index contributed by atoms with van der Waals surface area (Å²) in [5.74, 6) is -0.0599. The summed E-state index contributed by atoms with van der Waals surface area (Å²) < 4.78 is 27.9. The first-order valence-corrected chi connectivity index (χ1v) is 14.4. The molecular formula is C33H39F2N3. The maximum atomic E-state index is 14.0. The van der Waals surface area contributed by atoms with Gasteiger partial charge in [0.15, 0.2) is 5.82 Å². The first-order valence-electron chi connectivity index (χ1n) is 14.4. The van der Waals surface area contributed by atoms with Crippen LogP contribution >= 0.6 is 0 Å². The van der Waals surface area contributed by atoms with Crippen LogP contribution in [0.4, 0.5) is 8.78 Å². The number of halogens is 2. The minimum Gasteiger partial charge on any atom is -0.236 e. The summed E-state index contributed by atoms with van der Waals surface area (Å²) in [5.41, 5.74) is 2.88. The fraction of sp³-hybridized carbons (Fsp3) is 0.485. The maximum absolute atomic E-state index is 14.0. The highest BCUT2D eigenvalue weighted by molar-refractivity contribution is 5.64. The van der Waals surface area contributed by atoms with E-state index in [9.17, 15) is 8.78 Å². The van der Waals surface area contributed by atoms with Crippen LogP contribution in [0, 0.1) is 28.9 Å². The summed E-state index contributed by atoms with van der Waals surface area (Å²) in [6, 6.07) is 12.4. The lowest BCUT2D eigenvalue weighted by atomic mass is 9.77. The summed E-state index contributed by atoms with van der Waals surface area (Å²) >= 11 is 0. The van der Waals surface area contributed by atoms with Gasteiger partial charge in [0, 0.05) is 23.5 Å². The molecule has 3 nitrogen and oxygen atoms in total. The summed E-state index contributed by atoms with van der Waals surface area (Å²) in [5, 5.41) is 8.85. The van der Waals surface area contributed by atoms with Crippen LogP contribution in [0.1, 0.15) is 107 Å². The number of benzene rings is 2. The van der Waals surface area contributed by atoms with E-state index >= 15 is 0 Å². The lowest BCUT2D eigenvalue weighted by Crippen LogP contribution is -2.13. The van der Waals surface area contributed by atoms with Crippen LogP contribution in [-0.2, 0) is 0 Å². The van der Waals surface area contributed by atoms with Gasteiger partial charge in [-0.15, -0.1) is 0 Å². The Hall–Kier alpha value is -3.13. The van der Waals surface area contributed by atoms with E-state index in [1.165, 1.54) is 95.1 Å². The lowest BCUT2D eigenvalue weighted by Gasteiger charge is -2.29. The highest BCUT2D eigenvalue weighted by Gasteiger charge is 2.22. The fourth-order valence-corrected chi connectivity index (χ4v) is 5.73. The molecule has 2 aromatic carbocycles. The number of nitriles is 1. The van der Waals surface area contributed by atoms with E-state index in [2.05, 4.69) is 41.2 Å². The van der Waals surface area contributed by atoms with E-state index in [0.29, 0.717) is 5.92 Å². The van der Waals surface area contributed by atoms with E-state index in [-0.39, 0.29) is 11.4 Å². The van der Waals surface area contributed by atoms with Gasteiger partial charge >= 0.3 is 0 Å². The highest BCUT2D eigenvalue weighted by Crippen LogP contribution is 2.38. The minimum absolute atomic E-state index is 0.207. The van der Waals surface area contributed by atoms with E-state index in [0.717, 1.165) is 29.2 Å². The number of hydrogen-bond acceptors (Lipinski definition) is 3. The van der Waals surface area contributed by atoms with Crippen molar-refractivity contribution in [1.82, 2.24) is 9.97 Å². The molecule has 1 aliphatic rings. The van der Waals surface area contributed by atoms with Gasteiger partial charge in [0.25, 0.3) is 0 Å². The SMILES string of the molecule is CCCCCCCCCC[C@H]1CC[C@H](c2ccc(-c3cnc(-c4cc(F)c(C#N)c(F)c4)nc3)cc2)CC1. The van der Waals surface area contributed by atoms with Crippen molar-refractivity contribution >= 4 is 0 Å². The summed E-state index contributed by atoms with van der Waals surface area (Å²) in [4.78, 5) is 8.62. The Morgan fingerprint density at radius 3 is 1.92 bits per heavy atom. The topological polar surface area (TPSA) is 49.6 Å². The molecule has 38 heavy (non-hydrogen) atoms. The van der Waals surface area contributed by atoms with Crippen molar-refractivity contribution in [2.24, 2.45) is 5.92 Å². The van der Waals surface area contributed by atoms with Gasteiger partial charge in [-0.2, -0.15) is 5.26 Å². The van der Waals surface area contributed by atoms with Crippen LogP contribution in [-0.4, -0.2) is 9.97 Å². The molecule has 0 saturated heterocycles. The van der Waals surface area contributed by atoms with Gasteiger partial charge in [-0.25, -0.2) is 18.7 Å². The first kappa shape index (κ1) is 27.9. The molecule has 0 aliphatic heterocycles. The zero-order valence-corrected chi connectivity index (χ0v) is 22.6. The average Bonchev–Trinajstić information content (AvgIpc) is 2.95. The number of nitrogens with zero attached hydrogens (tertiary/aromatic N) is 3. The Balaban J connectivity index is 1.24. The number of unbranched alkanes of at least 4 members (excludes halogenated alkanes) is 7. The molecule has 3 aromatic rings. The minimum atomic E-state index is -0.909. The zero-order valence-electron chi connectivity index (χ0n) is 22.6. The Morgan fingerprint density at radius 2 is 1.34 bits per heavy atom. The third-order valence-corrected chi connectivity index (χ3v) is 8.09. The summed E-state index contributed by atoms with van der Waals surface area (Å²) in [6.07, 6.45) is 21.1. The predicted molar refractivity (Wildman–Crippen MR) is 149 cm³/mol. The Kier molecular flexibility index (Phi) is 10.4. The van der Waals surface area contributed by atoms with Crippen molar-refractivity contribution in [2.45, 2.75) is 96.3 Å². The van der Waals surface area contributed by atoms with Crippen LogP contribution in [0.25, 0.3) is 22.5 Å². The van der Waals surface area contributed by atoms with Gasteiger partial charge in [-0.1, -0.05) is 89.0 Å². The molecule has 5 heteroatoms. The van der Waals surface area contributed by atoms with Gasteiger partial charge in [-0.3, -0.25) is 0 Å². The molecular weight excluding hydrogens is 476 g/mol. The number of rotatable bonds is 12. The van der Waals surface area contributed by atoms with Gasteiger partial charge in [0.1, 0.15) is 23.3 Å². The summed E-state index contributed by atoms with van der Waals surface area (Å²) in [7, 11) is 0. The number of hydrogen-bond donors (Lipinski definition) is 0. The first-order chi connectivity index (χ1) is 18.6. The second-order valence-corrected chi connectivity index (χ2v) is 10.8. The van der Waals surface area contributed by atoms with Crippen LogP contribution in [0.2, 0.25) is 0 Å². The molecule has 0 spiro atoms. The monoisotopic (exact) mass is 515 g/mol. The van der Waals surface area contributed by atoms with Crippen molar-refractivity contribution in [2.75, 3.05) is 0 Å². The quantitative estimate of drug-likeness (QED) is 0.226. The van der Waals surface area contributed by atoms with Crippen LogP contribution in [0.15, 0.2) is 48.8 Å². The maximum Gasteiger partial charge on any atom is 0.159 e. The van der Waals surface area contributed by atoms with Gasteiger partial charge in [-0.05, 0) is 60.8 Å². The third-order valence-electron chi connectivity index (χ3n) is 8.09. The second kappa shape index (κ2) is 14.1. The molecule has 1 aromatic heterocycles. The van der Waals surface area contributed by atoms with E-state index in [1.54, 1.807) is 12.4 Å². The zero-order chi connectivity index (χ0) is 26.7. The Morgan fingerprint density at radius 1 is 0.763 bits per heavy atom. The van der Waals surface area contributed by atoms with Crippen molar-refractivity contribution < 1.29 is 8.78 Å². The molecule has 1 heterocycles. The third kappa shape index (κ3) is 7.47. The molecule has 0 N–H and O–H groups in total. The van der Waals surface area contributed by atoms with E-state index in [4.69, 9.17) is 5.26 Å². The molecule has 1 fully saturated rings. The van der Waals surface area contributed by atoms with Crippen LogP contribution < -0.4 is 0 Å². The molecule has 0 bridgehead atoms. The van der Waals surface area contributed by atoms with Crippen molar-refractivity contribution in [3.63, 3.8) is 0 Å². The second-order valence-electron chi connectivity index (χ2n) is 10.8. The van der Waals surface area contributed by atoms with E-state index < -0.39 is 17.2 Å². The summed E-state index contributed by atoms with van der Waals surface area (Å²) in [6.45, 7) is 2.27. The molecule has 4 rings (SSSR count). The molecule has 0 radical (unpaired) electrons. The highest BCUT2D eigenvalue weighted by atomic mass is 19.1. The van der Waals surface area contributed by atoms with Gasteiger partial charge in [0.2, 0.25) is 0 Å². The lowest BCUT2D eigenvalue weighted by molar-refractivity contribution is 0.302. The van der Waals surface area contributed by atoms with Gasteiger partial charge < -0.3 is 0 Å². The normalized spacial score (nSPS) is 17.3. The Labute approximate surface area is 226 Å². The Bertz CT molecular complexity index is 1170. The smallest absolute Gasteiger partial charge is 0.159 e. The van der Waals surface area contributed by atoms with Crippen molar-refractivity contribution in [1.29, 1.82) is 5.26 Å². The molecule has 1 aliphatic carbocycles. The standard InChI is InChI=1S/C33H39F2N3/c1-2-3-4-5-6-7-8-9-10-24-11-13-25(14-12-24)26-15-17-27(18-16-26)29-22-37-33(38-23-29)28-19-31(34)30(21-36)32(35)20-28/h15-20,22-25H,2-14H2,1H3/t24-,25-.